The van der Waals surface area contributed by atoms with Crippen LogP contribution in [0.3, 0.4) is 0 Å². The maximum absolute atomic E-state index is 5.42. The molecule has 0 radical (unpaired) electrons. The lowest BCUT2D eigenvalue weighted by molar-refractivity contribution is 0.393. The molecule has 0 aliphatic rings. The van der Waals surface area contributed by atoms with E-state index in [0.717, 1.165) is 23.2 Å². The molecule has 1 aromatic carbocycles. The van der Waals surface area contributed by atoms with Gasteiger partial charge in [-0.2, -0.15) is 0 Å². The van der Waals surface area contributed by atoms with E-state index in [9.17, 15) is 0 Å². The quantitative estimate of drug-likeness (QED) is 0.820. The molecule has 102 valence electrons. The molecule has 1 N–H and O–H groups in total. The fraction of sp³-hybridized carbons (Fsp3) is 0.600. The number of halogens is 1. The van der Waals surface area contributed by atoms with Crippen LogP contribution in [0.25, 0.3) is 0 Å². The first kappa shape index (κ1) is 15.5. The maximum Gasteiger partial charge on any atom is 0.122 e. The Morgan fingerprint density at radius 1 is 1.33 bits per heavy atom. The molecule has 3 heteroatoms. The Balaban J connectivity index is 2.63. The molecule has 1 rings (SSSR count). The number of rotatable bonds is 7. The lowest BCUT2D eigenvalue weighted by atomic mass is 9.94. The van der Waals surface area contributed by atoms with E-state index in [0.29, 0.717) is 12.0 Å². The van der Waals surface area contributed by atoms with Crippen LogP contribution in [-0.4, -0.2) is 19.7 Å². The second-order valence-corrected chi connectivity index (χ2v) is 5.88. The number of methoxy groups -OCH3 is 1. The van der Waals surface area contributed by atoms with Gasteiger partial charge in [0.2, 0.25) is 0 Å². The summed E-state index contributed by atoms with van der Waals surface area (Å²) in [6, 6.07) is 6.78. The van der Waals surface area contributed by atoms with Crippen molar-refractivity contribution in [3.8, 4) is 5.75 Å². The predicted octanol–water partition coefficient (Wildman–Crippen LogP) is 4.02. The summed E-state index contributed by atoms with van der Waals surface area (Å²) in [7, 11) is 1.73. The summed E-state index contributed by atoms with van der Waals surface area (Å²) in [5.74, 6) is 1.63. The van der Waals surface area contributed by atoms with Gasteiger partial charge in [-0.05, 0) is 56.0 Å². The fourth-order valence-electron chi connectivity index (χ4n) is 2.40. The molecule has 0 aliphatic heterocycles. The summed E-state index contributed by atoms with van der Waals surface area (Å²) in [4.78, 5) is 0. The Labute approximate surface area is 119 Å². The molecule has 0 aliphatic carbocycles. The van der Waals surface area contributed by atoms with Crippen molar-refractivity contribution in [2.45, 2.75) is 39.7 Å². The van der Waals surface area contributed by atoms with Gasteiger partial charge in [0.1, 0.15) is 5.75 Å². The van der Waals surface area contributed by atoms with Crippen molar-refractivity contribution in [3.63, 3.8) is 0 Å². The molecule has 1 aromatic rings. The van der Waals surface area contributed by atoms with Crippen molar-refractivity contribution in [2.75, 3.05) is 13.7 Å². The van der Waals surface area contributed by atoms with E-state index in [-0.39, 0.29) is 0 Å². The molecule has 0 spiro atoms. The lowest BCUT2D eigenvalue weighted by Gasteiger charge is -2.19. The number of ether oxygens (including phenoxy) is 1. The van der Waals surface area contributed by atoms with Gasteiger partial charge in [0, 0.05) is 10.5 Å². The second-order valence-electron chi connectivity index (χ2n) is 4.96. The Bertz CT molecular complexity index is 368. The normalized spacial score (nSPS) is 14.3. The second kappa shape index (κ2) is 7.80. The summed E-state index contributed by atoms with van der Waals surface area (Å²) in [5, 5.41) is 3.46. The minimum absolute atomic E-state index is 0.572. The Kier molecular flexibility index (Phi) is 6.72. The largest absolute Gasteiger partial charge is 0.496 e. The number of hydrogen-bond acceptors (Lipinski definition) is 2. The van der Waals surface area contributed by atoms with E-state index >= 15 is 0 Å². The Morgan fingerprint density at radius 3 is 2.67 bits per heavy atom. The van der Waals surface area contributed by atoms with Gasteiger partial charge >= 0.3 is 0 Å². The predicted molar refractivity (Wildman–Crippen MR) is 81.3 cm³/mol. The minimum Gasteiger partial charge on any atom is -0.496 e. The molecular formula is C15H24BrNO. The number of hydrogen-bond donors (Lipinski definition) is 1. The third kappa shape index (κ3) is 4.99. The zero-order valence-corrected chi connectivity index (χ0v) is 13.4. The maximum atomic E-state index is 5.42. The van der Waals surface area contributed by atoms with E-state index in [1.54, 1.807) is 7.11 Å². The summed E-state index contributed by atoms with van der Waals surface area (Å²) in [5.41, 5.74) is 1.28. The van der Waals surface area contributed by atoms with Gasteiger partial charge in [-0.15, -0.1) is 0 Å². The standard InChI is InChI=1S/C15H24BrNO/c1-5-17-12(3)8-11(2)9-13-10-14(16)6-7-15(13)18-4/h6-7,10-12,17H,5,8-9H2,1-4H3. The van der Waals surface area contributed by atoms with Crippen LogP contribution in [0.15, 0.2) is 22.7 Å². The van der Waals surface area contributed by atoms with E-state index < -0.39 is 0 Å². The fourth-order valence-corrected chi connectivity index (χ4v) is 2.81. The minimum atomic E-state index is 0.572. The highest BCUT2D eigenvalue weighted by molar-refractivity contribution is 9.10. The zero-order chi connectivity index (χ0) is 13.5. The van der Waals surface area contributed by atoms with E-state index in [1.807, 2.05) is 12.1 Å². The molecule has 2 atom stereocenters. The average Bonchev–Trinajstić information content (AvgIpc) is 2.29. The van der Waals surface area contributed by atoms with E-state index in [1.165, 1.54) is 12.0 Å². The third-order valence-electron chi connectivity index (χ3n) is 3.12. The van der Waals surface area contributed by atoms with Gasteiger partial charge in [-0.25, -0.2) is 0 Å². The monoisotopic (exact) mass is 313 g/mol. The molecular weight excluding hydrogens is 290 g/mol. The van der Waals surface area contributed by atoms with Gasteiger partial charge in [0.15, 0.2) is 0 Å². The molecule has 0 aromatic heterocycles. The Morgan fingerprint density at radius 2 is 2.06 bits per heavy atom. The van der Waals surface area contributed by atoms with Crippen LogP contribution in [0.1, 0.15) is 32.8 Å². The molecule has 2 unspecified atom stereocenters. The van der Waals surface area contributed by atoms with Crippen LogP contribution in [-0.2, 0) is 6.42 Å². The first-order chi connectivity index (χ1) is 8.56. The van der Waals surface area contributed by atoms with Crippen molar-refractivity contribution in [1.82, 2.24) is 5.32 Å². The van der Waals surface area contributed by atoms with Gasteiger partial charge in [0.25, 0.3) is 0 Å². The smallest absolute Gasteiger partial charge is 0.122 e. The van der Waals surface area contributed by atoms with Gasteiger partial charge in [-0.1, -0.05) is 29.8 Å². The van der Waals surface area contributed by atoms with Crippen molar-refractivity contribution in [2.24, 2.45) is 5.92 Å². The topological polar surface area (TPSA) is 21.3 Å². The Hall–Kier alpha value is -0.540. The lowest BCUT2D eigenvalue weighted by Crippen LogP contribution is -2.27. The molecule has 18 heavy (non-hydrogen) atoms. The van der Waals surface area contributed by atoms with Crippen LogP contribution in [0.5, 0.6) is 5.75 Å². The highest BCUT2D eigenvalue weighted by Crippen LogP contribution is 2.26. The highest BCUT2D eigenvalue weighted by Gasteiger charge is 2.12. The molecule has 0 amide bonds. The van der Waals surface area contributed by atoms with Gasteiger partial charge in [-0.3, -0.25) is 0 Å². The third-order valence-corrected chi connectivity index (χ3v) is 3.61. The molecule has 0 bridgehead atoms. The van der Waals surface area contributed by atoms with Crippen LogP contribution < -0.4 is 10.1 Å². The van der Waals surface area contributed by atoms with Crippen molar-refractivity contribution >= 4 is 15.9 Å². The highest BCUT2D eigenvalue weighted by atomic mass is 79.9. The molecule has 0 saturated carbocycles. The van der Waals surface area contributed by atoms with Crippen LogP contribution in [0.4, 0.5) is 0 Å². The SMILES string of the molecule is CCNC(C)CC(C)Cc1cc(Br)ccc1OC. The van der Waals surface area contributed by atoms with Gasteiger partial charge in [0.05, 0.1) is 7.11 Å². The molecule has 0 heterocycles. The summed E-state index contributed by atoms with van der Waals surface area (Å²) < 4.78 is 6.53. The number of benzene rings is 1. The van der Waals surface area contributed by atoms with Crippen LogP contribution in [0, 0.1) is 5.92 Å². The first-order valence-electron chi connectivity index (χ1n) is 6.62. The van der Waals surface area contributed by atoms with E-state index in [2.05, 4.69) is 48.1 Å². The average molecular weight is 314 g/mol. The van der Waals surface area contributed by atoms with Crippen molar-refractivity contribution < 1.29 is 4.74 Å². The molecule has 0 fully saturated rings. The van der Waals surface area contributed by atoms with Crippen LogP contribution in [0.2, 0.25) is 0 Å². The van der Waals surface area contributed by atoms with E-state index in [4.69, 9.17) is 4.74 Å². The van der Waals surface area contributed by atoms with Crippen molar-refractivity contribution in [3.05, 3.63) is 28.2 Å². The van der Waals surface area contributed by atoms with Crippen LogP contribution >= 0.6 is 15.9 Å². The number of nitrogens with one attached hydrogen (secondary N) is 1. The van der Waals surface area contributed by atoms with Crippen molar-refractivity contribution in [1.29, 1.82) is 0 Å². The van der Waals surface area contributed by atoms with Gasteiger partial charge < -0.3 is 10.1 Å². The summed E-state index contributed by atoms with van der Waals surface area (Å²) >= 11 is 3.52. The molecule has 0 saturated heterocycles. The zero-order valence-electron chi connectivity index (χ0n) is 11.8. The first-order valence-corrected chi connectivity index (χ1v) is 7.41. The molecule has 2 nitrogen and oxygen atoms in total. The summed E-state index contributed by atoms with van der Waals surface area (Å²) in [6.45, 7) is 7.74. The summed E-state index contributed by atoms with van der Waals surface area (Å²) in [6.07, 6.45) is 2.24.